The molecule has 4 heterocycles. The number of anilines is 2. The third-order valence-corrected chi connectivity index (χ3v) is 4.63. The van der Waals surface area contributed by atoms with Crippen LogP contribution in [-0.4, -0.2) is 38.9 Å². The summed E-state index contributed by atoms with van der Waals surface area (Å²) in [6, 6.07) is 5.38. The first-order valence-corrected chi connectivity index (χ1v) is 8.54. The third-order valence-electron chi connectivity index (χ3n) is 4.40. The summed E-state index contributed by atoms with van der Waals surface area (Å²) >= 11 is 5.83. The van der Waals surface area contributed by atoms with Gasteiger partial charge in [-0.25, -0.2) is 15.0 Å². The number of amides is 1. The Hall–Kier alpha value is -2.67. The van der Waals surface area contributed by atoms with Gasteiger partial charge in [-0.2, -0.15) is 0 Å². The SMILES string of the molecule is O=C(Nc1ccc(Cl)cn1)C1CCCN(c2ncnc3[nH]ccc23)C1. The number of halogens is 1. The molecule has 128 valence electrons. The molecule has 2 N–H and O–H groups in total. The van der Waals surface area contributed by atoms with Gasteiger partial charge in [0.2, 0.25) is 5.91 Å². The first-order valence-electron chi connectivity index (χ1n) is 8.16. The molecule has 0 radical (unpaired) electrons. The molecule has 0 aliphatic carbocycles. The third kappa shape index (κ3) is 3.28. The fraction of sp³-hybridized carbons (Fsp3) is 0.294. The van der Waals surface area contributed by atoms with Gasteiger partial charge >= 0.3 is 0 Å². The number of aromatic nitrogens is 4. The Morgan fingerprint density at radius 2 is 2.20 bits per heavy atom. The van der Waals surface area contributed by atoms with Gasteiger partial charge in [-0.3, -0.25) is 4.79 Å². The second-order valence-electron chi connectivity index (χ2n) is 6.07. The van der Waals surface area contributed by atoms with Crippen molar-refractivity contribution in [1.82, 2.24) is 19.9 Å². The fourth-order valence-corrected chi connectivity index (χ4v) is 3.28. The van der Waals surface area contributed by atoms with Crippen molar-refractivity contribution in [3.8, 4) is 0 Å². The van der Waals surface area contributed by atoms with Crippen molar-refractivity contribution in [2.75, 3.05) is 23.3 Å². The smallest absolute Gasteiger partial charge is 0.230 e. The van der Waals surface area contributed by atoms with Gasteiger partial charge < -0.3 is 15.2 Å². The van der Waals surface area contributed by atoms with Crippen molar-refractivity contribution in [3.63, 3.8) is 0 Å². The number of pyridine rings is 1. The van der Waals surface area contributed by atoms with Gasteiger partial charge in [0.25, 0.3) is 0 Å². The molecule has 1 atom stereocenters. The highest BCUT2D eigenvalue weighted by molar-refractivity contribution is 6.30. The number of hydrogen-bond acceptors (Lipinski definition) is 5. The Labute approximate surface area is 149 Å². The van der Waals surface area contributed by atoms with Gasteiger partial charge in [0, 0.05) is 25.5 Å². The highest BCUT2D eigenvalue weighted by atomic mass is 35.5. The van der Waals surface area contributed by atoms with E-state index in [1.807, 2.05) is 12.3 Å². The van der Waals surface area contributed by atoms with Crippen molar-refractivity contribution in [2.24, 2.45) is 5.92 Å². The average Bonchev–Trinajstić information content (AvgIpc) is 3.12. The molecule has 3 aromatic heterocycles. The molecule has 3 aromatic rings. The van der Waals surface area contributed by atoms with Crippen LogP contribution >= 0.6 is 11.6 Å². The molecule has 1 unspecified atom stereocenters. The molecule has 25 heavy (non-hydrogen) atoms. The molecule has 0 spiro atoms. The Morgan fingerprint density at radius 3 is 3.04 bits per heavy atom. The van der Waals surface area contributed by atoms with Crippen LogP contribution in [0.3, 0.4) is 0 Å². The zero-order valence-corrected chi connectivity index (χ0v) is 14.2. The normalized spacial score (nSPS) is 17.6. The minimum atomic E-state index is -0.116. The van der Waals surface area contributed by atoms with E-state index >= 15 is 0 Å². The zero-order valence-electron chi connectivity index (χ0n) is 13.4. The van der Waals surface area contributed by atoms with Crippen molar-refractivity contribution in [3.05, 3.63) is 41.9 Å². The molecule has 0 aromatic carbocycles. The molecule has 0 saturated carbocycles. The Morgan fingerprint density at radius 1 is 1.28 bits per heavy atom. The summed E-state index contributed by atoms with van der Waals surface area (Å²) in [6.45, 7) is 1.50. The Kier molecular flexibility index (Phi) is 4.23. The number of piperidine rings is 1. The van der Waals surface area contributed by atoms with Gasteiger partial charge in [-0.15, -0.1) is 0 Å². The Balaban J connectivity index is 1.50. The molecular weight excluding hydrogens is 340 g/mol. The van der Waals surface area contributed by atoms with Crippen molar-refractivity contribution in [2.45, 2.75) is 12.8 Å². The second kappa shape index (κ2) is 6.68. The first kappa shape index (κ1) is 15.8. The van der Waals surface area contributed by atoms with E-state index in [-0.39, 0.29) is 11.8 Å². The van der Waals surface area contributed by atoms with E-state index in [1.165, 1.54) is 6.20 Å². The zero-order chi connectivity index (χ0) is 17.2. The minimum absolute atomic E-state index is 0.0288. The van der Waals surface area contributed by atoms with Gasteiger partial charge in [-0.05, 0) is 31.0 Å². The van der Waals surface area contributed by atoms with Gasteiger partial charge in [0.1, 0.15) is 23.6 Å². The number of hydrogen-bond donors (Lipinski definition) is 2. The van der Waals surface area contributed by atoms with Crippen LogP contribution in [0.5, 0.6) is 0 Å². The quantitative estimate of drug-likeness (QED) is 0.753. The number of H-pyrrole nitrogens is 1. The number of rotatable bonds is 3. The minimum Gasteiger partial charge on any atom is -0.355 e. The van der Waals surface area contributed by atoms with Crippen LogP contribution in [0.2, 0.25) is 5.02 Å². The number of carbonyl (C=O) groups excluding carboxylic acids is 1. The number of fused-ring (bicyclic) bond motifs is 1. The standard InChI is InChI=1S/C17H17ClN6O/c18-12-3-4-14(20-8-12)23-17(25)11-2-1-7-24(9-11)16-13-5-6-19-15(13)21-10-22-16/h3-6,8,10-11H,1-2,7,9H2,(H,19,21,22)(H,20,23,25). The van der Waals surface area contributed by atoms with Crippen LogP contribution in [0.4, 0.5) is 11.6 Å². The Bertz CT molecular complexity index is 894. The van der Waals surface area contributed by atoms with Crippen molar-refractivity contribution >= 4 is 40.2 Å². The van der Waals surface area contributed by atoms with Crippen LogP contribution in [0.15, 0.2) is 36.9 Å². The summed E-state index contributed by atoms with van der Waals surface area (Å²) in [7, 11) is 0. The van der Waals surface area contributed by atoms with E-state index in [4.69, 9.17) is 11.6 Å². The van der Waals surface area contributed by atoms with Crippen LogP contribution in [0.25, 0.3) is 11.0 Å². The number of aromatic amines is 1. The lowest BCUT2D eigenvalue weighted by Gasteiger charge is -2.33. The topological polar surface area (TPSA) is 86.8 Å². The predicted molar refractivity (Wildman–Crippen MR) is 96.7 cm³/mol. The molecule has 1 aliphatic rings. The maximum absolute atomic E-state index is 12.6. The van der Waals surface area contributed by atoms with E-state index in [1.54, 1.807) is 18.5 Å². The summed E-state index contributed by atoms with van der Waals surface area (Å²) in [6.07, 6.45) is 6.70. The number of nitrogens with one attached hydrogen (secondary N) is 2. The maximum atomic E-state index is 12.6. The highest BCUT2D eigenvalue weighted by Crippen LogP contribution is 2.27. The van der Waals surface area contributed by atoms with Crippen molar-refractivity contribution < 1.29 is 4.79 Å². The average molecular weight is 357 g/mol. The van der Waals surface area contributed by atoms with Crippen LogP contribution in [0.1, 0.15) is 12.8 Å². The molecule has 7 nitrogen and oxygen atoms in total. The summed E-state index contributed by atoms with van der Waals surface area (Å²) in [5, 5.41) is 4.39. The van der Waals surface area contributed by atoms with E-state index in [0.717, 1.165) is 36.2 Å². The second-order valence-corrected chi connectivity index (χ2v) is 6.51. The highest BCUT2D eigenvalue weighted by Gasteiger charge is 2.27. The molecular formula is C17H17ClN6O. The lowest BCUT2D eigenvalue weighted by molar-refractivity contribution is -0.120. The van der Waals surface area contributed by atoms with Gasteiger partial charge in [-0.1, -0.05) is 11.6 Å². The summed E-state index contributed by atoms with van der Waals surface area (Å²) < 4.78 is 0. The number of carbonyl (C=O) groups is 1. The van der Waals surface area contributed by atoms with E-state index < -0.39 is 0 Å². The molecule has 8 heteroatoms. The molecule has 4 rings (SSSR count). The summed E-state index contributed by atoms with van der Waals surface area (Å²) in [5.41, 5.74) is 0.807. The van der Waals surface area contributed by atoms with E-state index in [9.17, 15) is 4.79 Å². The molecule has 0 bridgehead atoms. The monoisotopic (exact) mass is 356 g/mol. The largest absolute Gasteiger partial charge is 0.355 e. The van der Waals surface area contributed by atoms with Crippen LogP contribution < -0.4 is 10.2 Å². The summed E-state index contributed by atoms with van der Waals surface area (Å²) in [4.78, 5) is 30.6. The van der Waals surface area contributed by atoms with E-state index in [0.29, 0.717) is 17.4 Å². The van der Waals surface area contributed by atoms with Crippen molar-refractivity contribution in [1.29, 1.82) is 0 Å². The summed E-state index contributed by atoms with van der Waals surface area (Å²) in [5.74, 6) is 1.24. The lowest BCUT2D eigenvalue weighted by Crippen LogP contribution is -2.41. The van der Waals surface area contributed by atoms with Gasteiger partial charge in [0.05, 0.1) is 16.3 Å². The first-order chi connectivity index (χ1) is 12.2. The molecule has 1 amide bonds. The fourth-order valence-electron chi connectivity index (χ4n) is 3.17. The van der Waals surface area contributed by atoms with Crippen LogP contribution in [-0.2, 0) is 4.79 Å². The molecule has 1 saturated heterocycles. The van der Waals surface area contributed by atoms with Gasteiger partial charge in [0.15, 0.2) is 0 Å². The number of nitrogens with zero attached hydrogens (tertiary/aromatic N) is 4. The molecule has 1 fully saturated rings. The van der Waals surface area contributed by atoms with E-state index in [2.05, 4.69) is 30.2 Å². The predicted octanol–water partition coefficient (Wildman–Crippen LogP) is 2.86. The lowest BCUT2D eigenvalue weighted by atomic mass is 9.97. The molecule has 1 aliphatic heterocycles. The van der Waals surface area contributed by atoms with Crippen LogP contribution in [0, 0.1) is 5.92 Å². The maximum Gasteiger partial charge on any atom is 0.230 e.